The molecule has 0 spiro atoms. The number of aryl methyl sites for hydroxylation is 2. The fourth-order valence-corrected chi connectivity index (χ4v) is 4.51. The van der Waals surface area contributed by atoms with E-state index in [0.717, 1.165) is 10.0 Å². The second-order valence-corrected chi connectivity index (χ2v) is 9.08. The van der Waals surface area contributed by atoms with Gasteiger partial charge in [0.25, 0.3) is 20.0 Å². The van der Waals surface area contributed by atoms with Gasteiger partial charge in [-0.25, -0.2) is 16.8 Å². The summed E-state index contributed by atoms with van der Waals surface area (Å²) in [6.07, 6.45) is 0. The Balaban J connectivity index is 2.29. The monoisotopic (exact) mass is 384 g/mol. The lowest BCUT2D eigenvalue weighted by Gasteiger charge is -2.15. The number of hydroxylamine groups is 1. The second-order valence-electron chi connectivity index (χ2n) is 5.50. The van der Waals surface area contributed by atoms with Crippen molar-refractivity contribution in [1.29, 1.82) is 0 Å². The van der Waals surface area contributed by atoms with Crippen molar-refractivity contribution < 1.29 is 21.7 Å². The van der Waals surface area contributed by atoms with Crippen molar-refractivity contribution in [3.63, 3.8) is 0 Å². The standard InChI is InChI=1S/C16H20N2O5S2/c1-12-5-10-16(13(2)11-12)24(19,20)17-14-6-8-15(9-7-14)25(21,22)18(3)23-4/h5-11,17H,1-4H3. The van der Waals surface area contributed by atoms with Gasteiger partial charge in [0.1, 0.15) is 0 Å². The van der Waals surface area contributed by atoms with Crippen LogP contribution >= 0.6 is 0 Å². The molecule has 0 aliphatic heterocycles. The van der Waals surface area contributed by atoms with Crippen LogP contribution in [0.5, 0.6) is 0 Å². The zero-order valence-corrected chi connectivity index (χ0v) is 16.0. The van der Waals surface area contributed by atoms with Crippen LogP contribution in [-0.4, -0.2) is 35.5 Å². The maximum Gasteiger partial charge on any atom is 0.264 e. The highest BCUT2D eigenvalue weighted by Gasteiger charge is 2.21. The summed E-state index contributed by atoms with van der Waals surface area (Å²) in [4.78, 5) is 4.86. The number of benzene rings is 2. The van der Waals surface area contributed by atoms with Crippen LogP contribution in [0.15, 0.2) is 52.3 Å². The average molecular weight is 384 g/mol. The van der Waals surface area contributed by atoms with Crippen molar-refractivity contribution >= 4 is 25.7 Å². The Hall–Kier alpha value is -1.94. The molecule has 0 saturated heterocycles. The highest BCUT2D eigenvalue weighted by atomic mass is 32.2. The predicted octanol–water partition coefficient (Wildman–Crippen LogP) is 2.29. The molecule has 2 rings (SSSR count). The van der Waals surface area contributed by atoms with Crippen LogP contribution in [0, 0.1) is 13.8 Å². The first-order valence-corrected chi connectivity index (χ1v) is 10.2. The topological polar surface area (TPSA) is 92.8 Å². The van der Waals surface area contributed by atoms with E-state index in [-0.39, 0.29) is 15.5 Å². The van der Waals surface area contributed by atoms with Gasteiger partial charge >= 0.3 is 0 Å². The van der Waals surface area contributed by atoms with Crippen LogP contribution in [0.2, 0.25) is 0 Å². The first-order chi connectivity index (χ1) is 11.6. The zero-order chi connectivity index (χ0) is 18.8. The third kappa shape index (κ3) is 4.18. The Morgan fingerprint density at radius 2 is 1.56 bits per heavy atom. The Morgan fingerprint density at radius 1 is 0.960 bits per heavy atom. The summed E-state index contributed by atoms with van der Waals surface area (Å²) in [6.45, 7) is 3.60. The van der Waals surface area contributed by atoms with Gasteiger partial charge in [-0.05, 0) is 49.7 Å². The molecule has 0 heterocycles. The zero-order valence-electron chi connectivity index (χ0n) is 14.3. The van der Waals surface area contributed by atoms with Crippen molar-refractivity contribution in [1.82, 2.24) is 4.47 Å². The number of rotatable bonds is 6. The molecule has 2 aromatic rings. The van der Waals surface area contributed by atoms with Gasteiger partial charge in [0.15, 0.2) is 0 Å². The van der Waals surface area contributed by atoms with Gasteiger partial charge in [0, 0.05) is 12.7 Å². The van der Waals surface area contributed by atoms with E-state index in [0.29, 0.717) is 5.56 Å². The number of sulfonamides is 2. The largest absolute Gasteiger partial charge is 0.288 e. The van der Waals surface area contributed by atoms with Crippen molar-refractivity contribution in [2.45, 2.75) is 23.6 Å². The summed E-state index contributed by atoms with van der Waals surface area (Å²) in [5.41, 5.74) is 1.86. The summed E-state index contributed by atoms with van der Waals surface area (Å²) in [7, 11) is -5.03. The summed E-state index contributed by atoms with van der Waals surface area (Å²) < 4.78 is 52.4. The molecular weight excluding hydrogens is 364 g/mol. The second kappa shape index (κ2) is 7.12. The van der Waals surface area contributed by atoms with Gasteiger partial charge in [-0.15, -0.1) is 0 Å². The molecule has 25 heavy (non-hydrogen) atoms. The van der Waals surface area contributed by atoms with Gasteiger partial charge < -0.3 is 0 Å². The molecule has 1 N–H and O–H groups in total. The van der Waals surface area contributed by atoms with Crippen LogP contribution < -0.4 is 4.72 Å². The Labute approximate surface area is 148 Å². The molecule has 7 nitrogen and oxygen atoms in total. The van der Waals surface area contributed by atoms with Crippen molar-refractivity contribution in [3.8, 4) is 0 Å². The van der Waals surface area contributed by atoms with E-state index in [1.807, 2.05) is 6.92 Å². The van der Waals surface area contributed by atoms with E-state index in [4.69, 9.17) is 4.84 Å². The number of nitrogens with one attached hydrogen (secondary N) is 1. The summed E-state index contributed by atoms with van der Waals surface area (Å²) in [5.74, 6) is 0. The van der Waals surface area contributed by atoms with Gasteiger partial charge in [-0.2, -0.15) is 0 Å². The Bertz CT molecular complexity index is 968. The predicted molar refractivity (Wildman–Crippen MR) is 95.1 cm³/mol. The molecule has 9 heteroatoms. The van der Waals surface area contributed by atoms with E-state index < -0.39 is 20.0 Å². The molecule has 136 valence electrons. The molecule has 0 bridgehead atoms. The van der Waals surface area contributed by atoms with Crippen LogP contribution in [0.4, 0.5) is 5.69 Å². The Morgan fingerprint density at radius 3 is 2.08 bits per heavy atom. The molecule has 0 amide bonds. The van der Waals surface area contributed by atoms with E-state index in [2.05, 4.69) is 4.72 Å². The summed E-state index contributed by atoms with van der Waals surface area (Å²) in [6, 6.07) is 10.4. The van der Waals surface area contributed by atoms with Gasteiger partial charge in [0.2, 0.25) is 0 Å². The maximum atomic E-state index is 12.5. The highest BCUT2D eigenvalue weighted by Crippen LogP contribution is 2.22. The molecular formula is C16H20N2O5S2. The Kier molecular flexibility index (Phi) is 5.52. The first-order valence-electron chi connectivity index (χ1n) is 7.31. The minimum absolute atomic E-state index is 0.00804. The lowest BCUT2D eigenvalue weighted by Crippen LogP contribution is -2.25. The minimum atomic E-state index is -3.78. The lowest BCUT2D eigenvalue weighted by molar-refractivity contribution is -0.0258. The fourth-order valence-electron chi connectivity index (χ4n) is 2.25. The van der Waals surface area contributed by atoms with Gasteiger partial charge in [-0.3, -0.25) is 9.56 Å². The number of hydrogen-bond acceptors (Lipinski definition) is 5. The van der Waals surface area contributed by atoms with Crippen LogP contribution in [0.3, 0.4) is 0 Å². The van der Waals surface area contributed by atoms with E-state index in [1.165, 1.54) is 38.4 Å². The molecule has 0 saturated carbocycles. The van der Waals surface area contributed by atoms with Crippen LogP contribution in [0.25, 0.3) is 0 Å². The molecule has 0 atom stereocenters. The van der Waals surface area contributed by atoms with Crippen molar-refractivity contribution in [3.05, 3.63) is 53.6 Å². The SMILES string of the molecule is CON(C)S(=O)(=O)c1ccc(NS(=O)(=O)c2ccc(C)cc2C)cc1. The maximum absolute atomic E-state index is 12.5. The van der Waals surface area contributed by atoms with Crippen LogP contribution in [-0.2, 0) is 24.9 Å². The van der Waals surface area contributed by atoms with E-state index in [1.54, 1.807) is 25.1 Å². The fraction of sp³-hybridized carbons (Fsp3) is 0.250. The van der Waals surface area contributed by atoms with Gasteiger partial charge in [0.05, 0.1) is 16.9 Å². The molecule has 0 unspecified atom stereocenters. The number of anilines is 1. The summed E-state index contributed by atoms with van der Waals surface area (Å²) >= 11 is 0. The summed E-state index contributed by atoms with van der Waals surface area (Å²) in [5, 5.41) is 0. The van der Waals surface area contributed by atoms with Crippen molar-refractivity contribution in [2.24, 2.45) is 0 Å². The molecule has 0 fully saturated rings. The third-order valence-electron chi connectivity index (χ3n) is 3.62. The number of nitrogens with zero attached hydrogens (tertiary/aromatic N) is 1. The highest BCUT2D eigenvalue weighted by molar-refractivity contribution is 7.92. The quantitative estimate of drug-likeness (QED) is 0.772. The molecule has 0 aliphatic rings. The lowest BCUT2D eigenvalue weighted by atomic mass is 10.2. The molecule has 0 aromatic heterocycles. The van der Waals surface area contributed by atoms with Crippen molar-refractivity contribution in [2.75, 3.05) is 18.9 Å². The average Bonchev–Trinajstić information content (AvgIpc) is 2.53. The number of hydrogen-bond donors (Lipinski definition) is 1. The third-order valence-corrected chi connectivity index (χ3v) is 6.86. The molecule has 0 radical (unpaired) electrons. The van der Waals surface area contributed by atoms with E-state index in [9.17, 15) is 16.8 Å². The minimum Gasteiger partial charge on any atom is -0.288 e. The first kappa shape index (κ1) is 19.4. The molecule has 0 aliphatic carbocycles. The molecule has 2 aromatic carbocycles. The van der Waals surface area contributed by atoms with E-state index >= 15 is 0 Å². The normalized spacial score (nSPS) is 12.4. The van der Waals surface area contributed by atoms with Crippen LogP contribution in [0.1, 0.15) is 11.1 Å². The van der Waals surface area contributed by atoms with Gasteiger partial charge in [-0.1, -0.05) is 22.2 Å². The smallest absolute Gasteiger partial charge is 0.264 e.